The Bertz CT molecular complexity index is 653. The lowest BCUT2D eigenvalue weighted by atomic mass is 10.2. The molecule has 1 saturated heterocycles. The predicted molar refractivity (Wildman–Crippen MR) is 84.7 cm³/mol. The third-order valence-electron chi connectivity index (χ3n) is 2.82. The molecule has 1 aliphatic heterocycles. The van der Waals surface area contributed by atoms with Crippen molar-refractivity contribution < 1.29 is 23.8 Å². The summed E-state index contributed by atoms with van der Waals surface area (Å²) < 4.78 is 15.5. The summed E-state index contributed by atoms with van der Waals surface area (Å²) in [5.74, 6) is -2.06. The number of benzene rings is 1. The van der Waals surface area contributed by atoms with Crippen LogP contribution in [0.3, 0.4) is 0 Å². The highest BCUT2D eigenvalue weighted by Gasteiger charge is 2.38. The van der Waals surface area contributed by atoms with Crippen LogP contribution in [0.5, 0.6) is 5.75 Å². The average molecular weight is 317 g/mol. The third-order valence-corrected chi connectivity index (χ3v) is 2.82. The van der Waals surface area contributed by atoms with E-state index in [1.807, 2.05) is 6.92 Å². The molecule has 0 radical (unpaired) electrons. The molecule has 1 aliphatic rings. The van der Waals surface area contributed by atoms with Gasteiger partial charge in [-0.15, -0.1) is 0 Å². The maximum Gasteiger partial charge on any atom is 0.350 e. The molecule has 0 aromatic heterocycles. The molecule has 1 aromatic rings. The van der Waals surface area contributed by atoms with Crippen LogP contribution in [0.1, 0.15) is 20.8 Å². The molecule has 2 rings (SSSR count). The number of esters is 2. The quantitative estimate of drug-likeness (QED) is 0.389. The first-order valence-corrected chi connectivity index (χ1v) is 7.07. The van der Waals surface area contributed by atoms with Crippen LogP contribution in [0, 0.1) is 0 Å². The van der Waals surface area contributed by atoms with Crippen molar-refractivity contribution in [1.29, 1.82) is 0 Å². The van der Waals surface area contributed by atoms with Crippen LogP contribution in [0.2, 0.25) is 0 Å². The summed E-state index contributed by atoms with van der Waals surface area (Å²) in [6.07, 6.45) is 1.26. The van der Waals surface area contributed by atoms with Crippen molar-refractivity contribution in [3.05, 3.63) is 48.2 Å². The standard InChI is InChI=1S/C17H19NO5/c1-11(2)10-21-13-7-5-6-12(8-13)18-9-14-15(19)22-17(3,4)23-16(14)20/h5-9,18H,1,10H2,2-4H3. The van der Waals surface area contributed by atoms with Gasteiger partial charge in [0.1, 0.15) is 12.4 Å². The number of anilines is 1. The molecule has 0 atom stereocenters. The van der Waals surface area contributed by atoms with E-state index >= 15 is 0 Å². The highest BCUT2D eigenvalue weighted by Crippen LogP contribution is 2.23. The minimum absolute atomic E-state index is 0.197. The SMILES string of the molecule is C=C(C)COc1cccc(NC=C2C(=O)OC(C)(C)OC2=O)c1. The summed E-state index contributed by atoms with van der Waals surface area (Å²) in [7, 11) is 0. The van der Waals surface area contributed by atoms with Crippen LogP contribution < -0.4 is 10.1 Å². The van der Waals surface area contributed by atoms with E-state index in [-0.39, 0.29) is 5.57 Å². The lowest BCUT2D eigenvalue weighted by Gasteiger charge is -2.29. The van der Waals surface area contributed by atoms with Crippen LogP contribution in [-0.2, 0) is 19.1 Å². The smallest absolute Gasteiger partial charge is 0.350 e. The Morgan fingerprint density at radius 3 is 2.57 bits per heavy atom. The molecule has 6 nitrogen and oxygen atoms in total. The van der Waals surface area contributed by atoms with Gasteiger partial charge in [-0.3, -0.25) is 0 Å². The number of nitrogens with one attached hydrogen (secondary N) is 1. The van der Waals surface area contributed by atoms with Crippen molar-refractivity contribution in [3.63, 3.8) is 0 Å². The van der Waals surface area contributed by atoms with Gasteiger partial charge in [0.05, 0.1) is 0 Å². The first-order chi connectivity index (χ1) is 10.8. The average Bonchev–Trinajstić information content (AvgIpc) is 2.43. The Labute approximate surface area is 134 Å². The molecular formula is C17H19NO5. The number of hydrogen-bond acceptors (Lipinski definition) is 6. The first kappa shape index (κ1) is 16.6. The van der Waals surface area contributed by atoms with Crippen LogP contribution in [-0.4, -0.2) is 24.3 Å². The minimum atomic E-state index is -1.25. The zero-order chi connectivity index (χ0) is 17.0. The van der Waals surface area contributed by atoms with Gasteiger partial charge in [0, 0.05) is 31.8 Å². The van der Waals surface area contributed by atoms with Gasteiger partial charge in [-0.1, -0.05) is 12.6 Å². The number of carbonyl (C=O) groups excluding carboxylic acids is 2. The Hall–Kier alpha value is -2.76. The molecule has 1 fully saturated rings. The number of carbonyl (C=O) groups is 2. The highest BCUT2D eigenvalue weighted by atomic mass is 16.7. The van der Waals surface area contributed by atoms with E-state index in [2.05, 4.69) is 11.9 Å². The summed E-state index contributed by atoms with van der Waals surface area (Å²) in [5, 5.41) is 2.86. The Morgan fingerprint density at radius 2 is 1.96 bits per heavy atom. The van der Waals surface area contributed by atoms with Gasteiger partial charge in [-0.05, 0) is 24.6 Å². The fourth-order valence-corrected chi connectivity index (χ4v) is 1.82. The van der Waals surface area contributed by atoms with Crippen molar-refractivity contribution >= 4 is 17.6 Å². The van der Waals surface area contributed by atoms with E-state index in [1.54, 1.807) is 24.3 Å². The summed E-state index contributed by atoms with van der Waals surface area (Å²) in [5.41, 5.74) is 1.36. The maximum absolute atomic E-state index is 11.8. The van der Waals surface area contributed by atoms with Crippen LogP contribution >= 0.6 is 0 Å². The minimum Gasteiger partial charge on any atom is -0.489 e. The normalized spacial score (nSPS) is 16.2. The van der Waals surface area contributed by atoms with Gasteiger partial charge in [0.2, 0.25) is 0 Å². The number of hydrogen-bond donors (Lipinski definition) is 1. The van der Waals surface area contributed by atoms with Gasteiger partial charge >= 0.3 is 11.9 Å². The fourth-order valence-electron chi connectivity index (χ4n) is 1.82. The topological polar surface area (TPSA) is 73.9 Å². The first-order valence-electron chi connectivity index (χ1n) is 7.07. The zero-order valence-corrected chi connectivity index (χ0v) is 13.3. The van der Waals surface area contributed by atoms with Crippen molar-refractivity contribution in [2.75, 3.05) is 11.9 Å². The van der Waals surface area contributed by atoms with Crippen LogP contribution in [0.15, 0.2) is 48.2 Å². The molecule has 122 valence electrons. The molecule has 0 bridgehead atoms. The molecule has 6 heteroatoms. The van der Waals surface area contributed by atoms with E-state index in [1.165, 1.54) is 20.0 Å². The second-order valence-corrected chi connectivity index (χ2v) is 5.65. The van der Waals surface area contributed by atoms with Crippen molar-refractivity contribution in [3.8, 4) is 5.75 Å². The van der Waals surface area contributed by atoms with Gasteiger partial charge in [-0.25, -0.2) is 9.59 Å². The molecule has 0 unspecified atom stereocenters. The van der Waals surface area contributed by atoms with E-state index in [0.29, 0.717) is 18.0 Å². The molecule has 1 N–H and O–H groups in total. The summed E-state index contributed by atoms with van der Waals surface area (Å²) in [6, 6.07) is 7.10. The molecular weight excluding hydrogens is 298 g/mol. The number of cyclic esters (lactones) is 2. The highest BCUT2D eigenvalue weighted by molar-refractivity contribution is 6.15. The fraction of sp³-hybridized carbons (Fsp3) is 0.294. The van der Waals surface area contributed by atoms with Crippen molar-refractivity contribution in [2.45, 2.75) is 26.6 Å². The molecule has 1 heterocycles. The summed E-state index contributed by atoms with van der Waals surface area (Å²) in [6.45, 7) is 9.04. The largest absolute Gasteiger partial charge is 0.489 e. The molecule has 0 spiro atoms. The molecule has 1 aromatic carbocycles. The van der Waals surface area contributed by atoms with Gasteiger partial charge in [0.25, 0.3) is 5.79 Å². The zero-order valence-electron chi connectivity index (χ0n) is 13.3. The van der Waals surface area contributed by atoms with Crippen molar-refractivity contribution in [1.82, 2.24) is 0 Å². The van der Waals surface area contributed by atoms with E-state index in [0.717, 1.165) is 5.57 Å². The lowest BCUT2D eigenvalue weighted by molar-refractivity contribution is -0.222. The molecule has 23 heavy (non-hydrogen) atoms. The lowest BCUT2D eigenvalue weighted by Crippen LogP contribution is -2.42. The van der Waals surface area contributed by atoms with Gasteiger partial charge in [-0.2, -0.15) is 0 Å². The van der Waals surface area contributed by atoms with Gasteiger partial charge in [0.15, 0.2) is 5.57 Å². The number of ether oxygens (including phenoxy) is 3. The molecule has 0 amide bonds. The Kier molecular flexibility index (Phi) is 4.74. The second kappa shape index (κ2) is 6.56. The van der Waals surface area contributed by atoms with E-state index in [4.69, 9.17) is 14.2 Å². The molecule has 0 saturated carbocycles. The van der Waals surface area contributed by atoms with E-state index < -0.39 is 17.7 Å². The van der Waals surface area contributed by atoms with Gasteiger partial charge < -0.3 is 19.5 Å². The Morgan fingerprint density at radius 1 is 1.30 bits per heavy atom. The second-order valence-electron chi connectivity index (χ2n) is 5.65. The summed E-state index contributed by atoms with van der Waals surface area (Å²) in [4.78, 5) is 23.6. The van der Waals surface area contributed by atoms with Crippen LogP contribution in [0.25, 0.3) is 0 Å². The third kappa shape index (κ3) is 4.60. The molecule has 0 aliphatic carbocycles. The van der Waals surface area contributed by atoms with Crippen LogP contribution in [0.4, 0.5) is 5.69 Å². The maximum atomic E-state index is 11.8. The summed E-state index contributed by atoms with van der Waals surface area (Å²) >= 11 is 0. The van der Waals surface area contributed by atoms with E-state index in [9.17, 15) is 9.59 Å². The monoisotopic (exact) mass is 317 g/mol. The predicted octanol–water partition coefficient (Wildman–Crippen LogP) is 2.77. The number of rotatable bonds is 5. The van der Waals surface area contributed by atoms with Crippen molar-refractivity contribution in [2.24, 2.45) is 0 Å². The Balaban J connectivity index is 2.07.